The molecule has 2 rings (SSSR count). The molecule has 1 fully saturated rings. The van der Waals surface area contributed by atoms with Crippen LogP contribution in [0.15, 0.2) is 29.2 Å². The second-order valence-electron chi connectivity index (χ2n) is 5.85. The Morgan fingerprint density at radius 3 is 2.24 bits per heavy atom. The average Bonchev–Trinajstić information content (AvgIpc) is 2.54. The number of hydrogen-bond acceptors (Lipinski definition) is 2. The molecule has 21 heavy (non-hydrogen) atoms. The molecule has 1 saturated heterocycles. The lowest BCUT2D eigenvalue weighted by Crippen LogP contribution is -2.42. The largest absolute Gasteiger partial charge is 0.243 e. The summed E-state index contributed by atoms with van der Waals surface area (Å²) in [6.07, 6.45) is 4.13. The molecule has 0 N–H and O–H groups in total. The van der Waals surface area contributed by atoms with Gasteiger partial charge in [-0.2, -0.15) is 4.31 Å². The van der Waals surface area contributed by atoms with Crippen LogP contribution in [0.1, 0.15) is 45.1 Å². The number of nitrogens with zero attached hydrogens (tertiary/aromatic N) is 1. The van der Waals surface area contributed by atoms with Crippen LogP contribution in [0.2, 0.25) is 0 Å². The molecule has 1 aliphatic heterocycles. The number of alkyl halides is 1. The van der Waals surface area contributed by atoms with Crippen molar-refractivity contribution in [2.45, 2.75) is 50.3 Å². The maximum absolute atomic E-state index is 12.8. The van der Waals surface area contributed by atoms with Crippen LogP contribution >= 0.6 is 11.6 Å². The Labute approximate surface area is 133 Å². The summed E-state index contributed by atoms with van der Waals surface area (Å²) in [7, 11) is -3.42. The van der Waals surface area contributed by atoms with Gasteiger partial charge in [0.2, 0.25) is 10.0 Å². The molecule has 3 nitrogen and oxygen atoms in total. The first-order valence-electron chi connectivity index (χ1n) is 7.63. The van der Waals surface area contributed by atoms with E-state index < -0.39 is 10.0 Å². The van der Waals surface area contributed by atoms with Crippen molar-refractivity contribution in [1.82, 2.24) is 4.31 Å². The molecule has 0 bridgehead atoms. The number of hydrogen-bond donors (Lipinski definition) is 0. The third-order valence-electron chi connectivity index (χ3n) is 5.02. The zero-order valence-corrected chi connectivity index (χ0v) is 14.4. The van der Waals surface area contributed by atoms with Gasteiger partial charge in [-0.3, -0.25) is 0 Å². The predicted octanol–water partition coefficient (Wildman–Crippen LogP) is 4.02. The molecule has 0 amide bonds. The number of piperidine rings is 1. The highest BCUT2D eigenvalue weighted by Crippen LogP contribution is 2.39. The van der Waals surface area contributed by atoms with E-state index in [0.717, 1.165) is 25.7 Å². The van der Waals surface area contributed by atoms with Gasteiger partial charge in [0, 0.05) is 19.0 Å². The zero-order chi connectivity index (χ0) is 15.5. The Balaban J connectivity index is 2.23. The fourth-order valence-electron chi connectivity index (χ4n) is 3.16. The second-order valence-corrected chi connectivity index (χ2v) is 8.03. The molecule has 0 atom stereocenters. The number of sulfonamides is 1. The van der Waals surface area contributed by atoms with Gasteiger partial charge in [-0.25, -0.2) is 8.42 Å². The lowest BCUT2D eigenvalue weighted by Gasteiger charge is -2.40. The van der Waals surface area contributed by atoms with Gasteiger partial charge >= 0.3 is 0 Å². The third-order valence-corrected chi connectivity index (χ3v) is 7.30. The molecular formula is C16H24ClNO2S. The lowest BCUT2D eigenvalue weighted by molar-refractivity contribution is 0.141. The van der Waals surface area contributed by atoms with E-state index in [1.54, 1.807) is 22.5 Å². The highest BCUT2D eigenvalue weighted by Gasteiger charge is 2.36. The van der Waals surface area contributed by atoms with Crippen LogP contribution in [0.3, 0.4) is 0 Å². The molecule has 0 aliphatic carbocycles. The van der Waals surface area contributed by atoms with Crippen LogP contribution in [0.5, 0.6) is 0 Å². The van der Waals surface area contributed by atoms with Crippen molar-refractivity contribution in [2.24, 2.45) is 5.41 Å². The van der Waals surface area contributed by atoms with Crippen LogP contribution < -0.4 is 0 Å². The Bertz CT molecular complexity index is 572. The van der Waals surface area contributed by atoms with Crippen LogP contribution in [0.4, 0.5) is 0 Å². The van der Waals surface area contributed by atoms with Gasteiger partial charge in [0.05, 0.1) is 4.90 Å². The monoisotopic (exact) mass is 329 g/mol. The summed E-state index contributed by atoms with van der Waals surface area (Å²) in [5.41, 5.74) is 1.000. The summed E-state index contributed by atoms with van der Waals surface area (Å²) in [5, 5.41) is 0. The second kappa shape index (κ2) is 6.67. The van der Waals surface area contributed by atoms with E-state index in [1.165, 1.54) is 0 Å². The van der Waals surface area contributed by atoms with E-state index in [2.05, 4.69) is 13.8 Å². The molecule has 5 heteroatoms. The summed E-state index contributed by atoms with van der Waals surface area (Å²) in [5.74, 6) is 0.219. The summed E-state index contributed by atoms with van der Waals surface area (Å²) in [6, 6.07) is 7.03. The van der Waals surface area contributed by atoms with Crippen LogP contribution in [0, 0.1) is 5.41 Å². The molecule has 118 valence electrons. The first kappa shape index (κ1) is 16.8. The standard InChI is InChI=1S/C16H24ClNO2S/c1-3-16(4-2)9-11-18(12-10-16)21(19,20)15-8-6-5-7-14(15)13-17/h5-8H,3-4,9-13H2,1-2H3. The average molecular weight is 330 g/mol. The smallest absolute Gasteiger partial charge is 0.207 e. The van der Waals surface area contributed by atoms with Gasteiger partial charge in [0.25, 0.3) is 0 Å². The van der Waals surface area contributed by atoms with Crippen LogP contribution in [-0.4, -0.2) is 25.8 Å². The topological polar surface area (TPSA) is 37.4 Å². The van der Waals surface area contributed by atoms with Crippen LogP contribution in [0.25, 0.3) is 0 Å². The predicted molar refractivity (Wildman–Crippen MR) is 87.0 cm³/mol. The van der Waals surface area contributed by atoms with Crippen molar-refractivity contribution in [1.29, 1.82) is 0 Å². The summed E-state index contributed by atoms with van der Waals surface area (Å²) in [6.45, 7) is 5.63. The third kappa shape index (κ3) is 3.27. The Morgan fingerprint density at radius 1 is 1.14 bits per heavy atom. The summed E-state index contributed by atoms with van der Waals surface area (Å²) < 4.78 is 27.3. The Kier molecular flexibility index (Phi) is 5.33. The molecule has 0 aromatic heterocycles. The van der Waals surface area contributed by atoms with Gasteiger partial charge in [0.1, 0.15) is 0 Å². The van der Waals surface area contributed by atoms with Crippen molar-refractivity contribution >= 4 is 21.6 Å². The Morgan fingerprint density at radius 2 is 1.71 bits per heavy atom. The fourth-order valence-corrected chi connectivity index (χ4v) is 5.14. The minimum atomic E-state index is -3.42. The molecule has 0 saturated carbocycles. The lowest BCUT2D eigenvalue weighted by atomic mass is 9.75. The molecule has 1 aromatic carbocycles. The molecule has 1 aromatic rings. The first-order chi connectivity index (χ1) is 9.99. The SMILES string of the molecule is CCC1(CC)CCN(S(=O)(=O)c2ccccc2CCl)CC1. The number of halogens is 1. The van der Waals surface area contributed by atoms with Gasteiger partial charge < -0.3 is 0 Å². The minimum Gasteiger partial charge on any atom is -0.207 e. The normalized spacial score (nSPS) is 19.6. The highest BCUT2D eigenvalue weighted by molar-refractivity contribution is 7.89. The van der Waals surface area contributed by atoms with Crippen molar-refractivity contribution < 1.29 is 8.42 Å². The van der Waals surface area contributed by atoms with E-state index in [4.69, 9.17) is 11.6 Å². The van der Waals surface area contributed by atoms with Gasteiger partial charge in [0.15, 0.2) is 0 Å². The van der Waals surface area contributed by atoms with E-state index >= 15 is 0 Å². The first-order valence-corrected chi connectivity index (χ1v) is 9.60. The quantitative estimate of drug-likeness (QED) is 0.765. The fraction of sp³-hybridized carbons (Fsp3) is 0.625. The van der Waals surface area contributed by atoms with Gasteiger partial charge in [-0.15, -0.1) is 11.6 Å². The molecule has 1 heterocycles. The molecule has 0 spiro atoms. The minimum absolute atomic E-state index is 0.219. The van der Waals surface area contributed by atoms with Gasteiger partial charge in [-0.05, 0) is 29.9 Å². The molecule has 1 aliphatic rings. The molecule has 0 radical (unpaired) electrons. The van der Waals surface area contributed by atoms with Crippen molar-refractivity contribution in [3.63, 3.8) is 0 Å². The van der Waals surface area contributed by atoms with Crippen molar-refractivity contribution in [2.75, 3.05) is 13.1 Å². The molecular weight excluding hydrogens is 306 g/mol. The summed E-state index contributed by atoms with van der Waals surface area (Å²) in [4.78, 5) is 0.362. The molecule has 0 unspecified atom stereocenters. The number of benzene rings is 1. The van der Waals surface area contributed by atoms with Crippen LogP contribution in [-0.2, 0) is 15.9 Å². The van der Waals surface area contributed by atoms with Gasteiger partial charge in [-0.1, -0.05) is 44.9 Å². The van der Waals surface area contributed by atoms with Crippen molar-refractivity contribution in [3.8, 4) is 0 Å². The van der Waals surface area contributed by atoms with E-state index in [0.29, 0.717) is 29.0 Å². The van der Waals surface area contributed by atoms with E-state index in [1.807, 2.05) is 6.07 Å². The van der Waals surface area contributed by atoms with E-state index in [-0.39, 0.29) is 5.88 Å². The maximum Gasteiger partial charge on any atom is 0.243 e. The van der Waals surface area contributed by atoms with E-state index in [9.17, 15) is 8.42 Å². The van der Waals surface area contributed by atoms with Crippen molar-refractivity contribution in [3.05, 3.63) is 29.8 Å². The maximum atomic E-state index is 12.8. The zero-order valence-electron chi connectivity index (χ0n) is 12.8. The highest BCUT2D eigenvalue weighted by atomic mass is 35.5. The summed E-state index contributed by atoms with van der Waals surface area (Å²) >= 11 is 5.88. The number of rotatable bonds is 5. The Hall–Kier alpha value is -0.580.